The number of nitrogens with one attached hydrogen (secondary N) is 1. The monoisotopic (exact) mass is 295 g/mol. The maximum Gasteiger partial charge on any atom is 0.223 e. The van der Waals surface area contributed by atoms with E-state index < -0.39 is 31.1 Å². The van der Waals surface area contributed by atoms with Gasteiger partial charge in [-0.05, 0) is 6.92 Å². The van der Waals surface area contributed by atoms with E-state index in [0.29, 0.717) is 11.2 Å². The van der Waals surface area contributed by atoms with Crippen LogP contribution in [0.2, 0.25) is 0 Å². The average molecular weight is 295 g/mol. The van der Waals surface area contributed by atoms with Crippen LogP contribution in [0.3, 0.4) is 0 Å². The number of fused-ring (bicyclic) bond motifs is 1. The number of aromatic nitrogens is 4. The van der Waals surface area contributed by atoms with Gasteiger partial charge in [0.15, 0.2) is 11.9 Å². The third kappa shape index (κ3) is 1.97. The van der Waals surface area contributed by atoms with Crippen LogP contribution in [0, 0.1) is 12.3 Å². The first-order valence-corrected chi connectivity index (χ1v) is 6.53. The lowest BCUT2D eigenvalue weighted by molar-refractivity contribution is -0.0511. The molecule has 4 N–H and O–H groups in total. The molecule has 1 aliphatic heterocycles. The van der Waals surface area contributed by atoms with Crippen molar-refractivity contribution < 1.29 is 20.1 Å². The van der Waals surface area contributed by atoms with Crippen molar-refractivity contribution in [3.05, 3.63) is 17.6 Å². The van der Waals surface area contributed by atoms with Crippen LogP contribution in [0.4, 0.5) is 0 Å². The molecule has 2 aromatic heterocycles. The Morgan fingerprint density at radius 2 is 2.10 bits per heavy atom. The Bertz CT molecular complexity index is 739. The molecular weight excluding hydrogens is 278 g/mol. The normalized spacial score (nSPS) is 29.4. The summed E-state index contributed by atoms with van der Waals surface area (Å²) in [4.78, 5) is 8.38. The van der Waals surface area contributed by atoms with Crippen LogP contribution in [0.25, 0.3) is 11.2 Å². The van der Waals surface area contributed by atoms with Gasteiger partial charge in [0, 0.05) is 12.7 Å². The van der Waals surface area contributed by atoms with Crippen LogP contribution in [0.15, 0.2) is 6.33 Å². The lowest BCUT2D eigenvalue weighted by Crippen LogP contribution is -2.33. The molecule has 0 spiro atoms. The first-order chi connectivity index (χ1) is 9.95. The zero-order valence-corrected chi connectivity index (χ0v) is 11.6. The summed E-state index contributed by atoms with van der Waals surface area (Å²) in [6.07, 6.45) is -2.71. The highest BCUT2D eigenvalue weighted by Crippen LogP contribution is 2.31. The van der Waals surface area contributed by atoms with E-state index in [1.807, 2.05) is 6.92 Å². The van der Waals surface area contributed by atoms with E-state index in [1.54, 1.807) is 11.6 Å². The Kier molecular flexibility index (Phi) is 3.29. The van der Waals surface area contributed by atoms with Crippen LogP contribution in [0.5, 0.6) is 0 Å². The molecule has 9 heteroatoms. The minimum Gasteiger partial charge on any atom is -0.394 e. The van der Waals surface area contributed by atoms with Crippen molar-refractivity contribution in [2.45, 2.75) is 31.5 Å². The number of aryl methyl sites for hydroxylation is 1. The van der Waals surface area contributed by atoms with Crippen LogP contribution < -0.4 is 5.62 Å². The Hall–Kier alpha value is -1.81. The van der Waals surface area contributed by atoms with Gasteiger partial charge >= 0.3 is 0 Å². The van der Waals surface area contributed by atoms with Crippen LogP contribution in [0.1, 0.15) is 11.9 Å². The van der Waals surface area contributed by atoms with Crippen molar-refractivity contribution in [1.29, 1.82) is 5.41 Å². The van der Waals surface area contributed by atoms with Gasteiger partial charge in [-0.3, -0.25) is 9.98 Å². The number of ether oxygens (including phenoxy) is 1. The van der Waals surface area contributed by atoms with Gasteiger partial charge in [-0.25, -0.2) is 4.98 Å². The molecule has 0 saturated carbocycles. The summed E-state index contributed by atoms with van der Waals surface area (Å²) in [5, 5.41) is 36.9. The molecular formula is C12H17N5O4. The maximum atomic E-state index is 10.1. The smallest absolute Gasteiger partial charge is 0.223 e. The molecule has 1 aliphatic rings. The fraction of sp³-hybridized carbons (Fsp3) is 0.583. The molecule has 4 atom stereocenters. The number of rotatable bonds is 2. The van der Waals surface area contributed by atoms with Crippen molar-refractivity contribution in [3.63, 3.8) is 0 Å². The van der Waals surface area contributed by atoms with Crippen molar-refractivity contribution in [2.24, 2.45) is 7.05 Å². The zero-order chi connectivity index (χ0) is 15.3. The molecule has 1 fully saturated rings. The quantitative estimate of drug-likeness (QED) is 0.515. The van der Waals surface area contributed by atoms with Crippen molar-refractivity contribution in [1.82, 2.24) is 19.1 Å². The van der Waals surface area contributed by atoms with E-state index in [0.717, 1.165) is 5.69 Å². The third-order valence-corrected chi connectivity index (χ3v) is 3.93. The highest BCUT2D eigenvalue weighted by atomic mass is 16.6. The number of imidazole rings is 1. The van der Waals surface area contributed by atoms with Gasteiger partial charge < -0.3 is 24.6 Å². The third-order valence-electron chi connectivity index (χ3n) is 3.93. The summed E-state index contributed by atoms with van der Waals surface area (Å²) in [7, 11) is 1.72. The SMILES string of the molecule is Cc1c2ncn(C3OC(CO)C(O)C3O)c2nc(=N)n1C. The van der Waals surface area contributed by atoms with Gasteiger partial charge in [0.2, 0.25) is 5.62 Å². The Labute approximate surface area is 119 Å². The number of nitrogens with zero attached hydrogens (tertiary/aromatic N) is 4. The number of hydrogen-bond acceptors (Lipinski definition) is 7. The number of aliphatic hydroxyl groups is 3. The minimum absolute atomic E-state index is 0.0495. The fourth-order valence-electron chi connectivity index (χ4n) is 2.51. The van der Waals surface area contributed by atoms with E-state index in [4.69, 9.17) is 15.3 Å². The summed E-state index contributed by atoms with van der Waals surface area (Å²) < 4.78 is 8.53. The predicted molar refractivity (Wildman–Crippen MR) is 70.1 cm³/mol. The van der Waals surface area contributed by atoms with E-state index in [-0.39, 0.29) is 5.62 Å². The van der Waals surface area contributed by atoms with E-state index >= 15 is 0 Å². The molecule has 4 unspecified atom stereocenters. The van der Waals surface area contributed by atoms with Crippen molar-refractivity contribution in [3.8, 4) is 0 Å². The fourth-order valence-corrected chi connectivity index (χ4v) is 2.51. The molecule has 114 valence electrons. The van der Waals surface area contributed by atoms with Gasteiger partial charge in [0.05, 0.1) is 12.9 Å². The van der Waals surface area contributed by atoms with E-state index in [9.17, 15) is 10.2 Å². The molecule has 0 amide bonds. The van der Waals surface area contributed by atoms with Crippen molar-refractivity contribution in [2.75, 3.05) is 6.61 Å². The Balaban J connectivity index is 2.12. The number of hydrogen-bond donors (Lipinski definition) is 4. The first-order valence-electron chi connectivity index (χ1n) is 6.53. The molecule has 21 heavy (non-hydrogen) atoms. The van der Waals surface area contributed by atoms with E-state index in [1.165, 1.54) is 10.9 Å². The lowest BCUT2D eigenvalue weighted by Gasteiger charge is -2.16. The van der Waals surface area contributed by atoms with Crippen molar-refractivity contribution >= 4 is 11.2 Å². The molecule has 0 radical (unpaired) electrons. The summed E-state index contributed by atoms with van der Waals surface area (Å²) in [5.41, 5.74) is 1.79. The second-order valence-corrected chi connectivity index (χ2v) is 5.13. The van der Waals surface area contributed by atoms with Gasteiger partial charge in [-0.2, -0.15) is 4.98 Å². The molecule has 1 saturated heterocycles. The molecule has 9 nitrogen and oxygen atoms in total. The minimum atomic E-state index is -1.20. The van der Waals surface area contributed by atoms with Gasteiger partial charge in [0.1, 0.15) is 23.8 Å². The maximum absolute atomic E-state index is 10.1. The molecule has 3 rings (SSSR count). The van der Waals surface area contributed by atoms with Crippen LogP contribution in [-0.4, -0.2) is 59.3 Å². The van der Waals surface area contributed by atoms with Crippen LogP contribution >= 0.6 is 0 Å². The topological polar surface area (TPSA) is 129 Å². The first kappa shape index (κ1) is 14.1. The molecule has 0 bridgehead atoms. The van der Waals surface area contributed by atoms with Gasteiger partial charge in [-0.15, -0.1) is 0 Å². The molecule has 3 heterocycles. The second-order valence-electron chi connectivity index (χ2n) is 5.13. The Morgan fingerprint density at radius 3 is 2.71 bits per heavy atom. The summed E-state index contributed by atoms with van der Waals surface area (Å²) >= 11 is 0. The van der Waals surface area contributed by atoms with Crippen LogP contribution in [-0.2, 0) is 11.8 Å². The summed E-state index contributed by atoms with van der Waals surface area (Å²) in [5.74, 6) is 0. The zero-order valence-electron chi connectivity index (χ0n) is 11.6. The standard InChI is InChI=1S/C12H17N5O4/c1-5-7-10(15-12(13)16(5)2)17(4-14-7)11-9(20)8(19)6(3-18)21-11/h4,6,8-9,11,13,18-20H,3H2,1-2H3. The molecule has 2 aromatic rings. The largest absolute Gasteiger partial charge is 0.394 e. The Morgan fingerprint density at radius 1 is 1.38 bits per heavy atom. The average Bonchev–Trinajstić information content (AvgIpc) is 2.99. The van der Waals surface area contributed by atoms with Gasteiger partial charge in [0.25, 0.3) is 0 Å². The summed E-state index contributed by atoms with van der Waals surface area (Å²) in [6, 6.07) is 0. The lowest BCUT2D eigenvalue weighted by atomic mass is 10.1. The van der Waals surface area contributed by atoms with Gasteiger partial charge in [-0.1, -0.05) is 0 Å². The molecule has 0 aromatic carbocycles. The highest BCUT2D eigenvalue weighted by molar-refractivity contribution is 5.73. The summed E-state index contributed by atoms with van der Waals surface area (Å²) in [6.45, 7) is 1.42. The van der Waals surface area contributed by atoms with E-state index in [2.05, 4.69) is 9.97 Å². The predicted octanol–water partition coefficient (Wildman–Crippen LogP) is -1.83. The molecule has 0 aliphatic carbocycles. The highest BCUT2D eigenvalue weighted by Gasteiger charge is 2.43. The number of aliphatic hydroxyl groups excluding tert-OH is 3. The second kappa shape index (κ2) is 4.88.